The van der Waals surface area contributed by atoms with Crippen LogP contribution in [0.15, 0.2) is 48.0 Å². The minimum Gasteiger partial charge on any atom is -0.493 e. The number of aromatic amines is 1. The Balaban J connectivity index is 1.90. The molecule has 0 unspecified atom stereocenters. The largest absolute Gasteiger partial charge is 0.493 e. The SMILES string of the molecule is CCNC(=O)COc1ccc(/C=C(\C#N)C(=O)c2c(C)[nH]c3ccccc23)cc1OC. The molecule has 1 amide bonds. The third kappa shape index (κ3) is 4.75. The quantitative estimate of drug-likeness (QED) is 0.330. The molecular formula is C24H23N3O4. The van der Waals surface area contributed by atoms with Crippen LogP contribution in [0.5, 0.6) is 11.5 Å². The van der Waals surface area contributed by atoms with Crippen molar-refractivity contribution in [1.29, 1.82) is 5.26 Å². The number of methoxy groups -OCH3 is 1. The molecule has 1 aromatic heterocycles. The van der Waals surface area contributed by atoms with E-state index in [1.807, 2.05) is 44.2 Å². The molecule has 2 aromatic carbocycles. The van der Waals surface area contributed by atoms with Crippen molar-refractivity contribution < 1.29 is 19.1 Å². The zero-order valence-corrected chi connectivity index (χ0v) is 17.6. The van der Waals surface area contributed by atoms with Gasteiger partial charge in [0.15, 0.2) is 18.1 Å². The van der Waals surface area contributed by atoms with Crippen LogP contribution in [0.3, 0.4) is 0 Å². The summed E-state index contributed by atoms with van der Waals surface area (Å²) in [4.78, 5) is 27.9. The van der Waals surface area contributed by atoms with Crippen LogP contribution in [0.4, 0.5) is 0 Å². The van der Waals surface area contributed by atoms with E-state index in [0.29, 0.717) is 34.9 Å². The first-order chi connectivity index (χ1) is 15.0. The number of aromatic nitrogens is 1. The first kappa shape index (κ1) is 21.7. The number of benzene rings is 2. The number of ether oxygens (including phenoxy) is 2. The van der Waals surface area contributed by atoms with Gasteiger partial charge in [0.1, 0.15) is 11.6 Å². The Morgan fingerprint density at radius 3 is 2.68 bits per heavy atom. The molecule has 0 saturated carbocycles. The topological polar surface area (TPSA) is 104 Å². The monoisotopic (exact) mass is 417 g/mol. The van der Waals surface area contributed by atoms with Crippen LogP contribution in [0.25, 0.3) is 17.0 Å². The number of Topliss-reactive ketones (excluding diaryl/α,β-unsaturated/α-hetero) is 1. The van der Waals surface area contributed by atoms with Crippen LogP contribution in [-0.4, -0.2) is 36.9 Å². The van der Waals surface area contributed by atoms with E-state index in [-0.39, 0.29) is 23.9 Å². The highest BCUT2D eigenvalue weighted by atomic mass is 16.5. The number of allylic oxidation sites excluding steroid dienone is 1. The second-order valence-corrected chi connectivity index (χ2v) is 6.82. The van der Waals surface area contributed by atoms with Crippen LogP contribution >= 0.6 is 0 Å². The van der Waals surface area contributed by atoms with Gasteiger partial charge in [-0.25, -0.2) is 0 Å². The average Bonchev–Trinajstić information content (AvgIpc) is 3.11. The molecule has 0 aliphatic rings. The molecule has 3 aromatic rings. The van der Waals surface area contributed by atoms with Gasteiger partial charge < -0.3 is 19.8 Å². The molecule has 2 N–H and O–H groups in total. The maximum absolute atomic E-state index is 13.1. The molecule has 1 heterocycles. The second-order valence-electron chi connectivity index (χ2n) is 6.82. The van der Waals surface area contributed by atoms with Crippen molar-refractivity contribution in [2.24, 2.45) is 0 Å². The molecule has 0 bridgehead atoms. The van der Waals surface area contributed by atoms with Crippen molar-refractivity contribution in [2.75, 3.05) is 20.3 Å². The molecule has 0 saturated heterocycles. The number of ketones is 1. The van der Waals surface area contributed by atoms with Gasteiger partial charge in [0.2, 0.25) is 5.78 Å². The summed E-state index contributed by atoms with van der Waals surface area (Å²) in [5, 5.41) is 13.1. The number of carbonyl (C=O) groups is 2. The molecule has 3 rings (SSSR count). The van der Waals surface area contributed by atoms with E-state index in [2.05, 4.69) is 10.3 Å². The van der Waals surface area contributed by atoms with Crippen LogP contribution in [-0.2, 0) is 4.79 Å². The van der Waals surface area contributed by atoms with Crippen LogP contribution in [0, 0.1) is 18.3 Å². The van der Waals surface area contributed by atoms with E-state index < -0.39 is 0 Å². The predicted molar refractivity (Wildman–Crippen MR) is 118 cm³/mol. The summed E-state index contributed by atoms with van der Waals surface area (Å²) in [6, 6.07) is 14.5. The molecule has 0 aliphatic carbocycles. The molecule has 0 aliphatic heterocycles. The van der Waals surface area contributed by atoms with Crippen LogP contribution < -0.4 is 14.8 Å². The van der Waals surface area contributed by atoms with E-state index in [0.717, 1.165) is 10.9 Å². The van der Waals surface area contributed by atoms with Crippen molar-refractivity contribution in [3.8, 4) is 17.6 Å². The smallest absolute Gasteiger partial charge is 0.257 e. The number of hydrogen-bond donors (Lipinski definition) is 2. The van der Waals surface area contributed by atoms with E-state index in [1.54, 1.807) is 18.2 Å². The maximum atomic E-state index is 13.1. The van der Waals surface area contributed by atoms with E-state index in [4.69, 9.17) is 9.47 Å². The lowest BCUT2D eigenvalue weighted by Crippen LogP contribution is -2.28. The first-order valence-electron chi connectivity index (χ1n) is 9.79. The number of nitriles is 1. The number of para-hydroxylation sites is 1. The summed E-state index contributed by atoms with van der Waals surface area (Å²) >= 11 is 0. The number of H-pyrrole nitrogens is 1. The molecule has 0 spiro atoms. The minimum atomic E-state index is -0.354. The Hall–Kier alpha value is -4.05. The number of hydrogen-bond acceptors (Lipinski definition) is 5. The summed E-state index contributed by atoms with van der Waals surface area (Å²) < 4.78 is 10.8. The molecule has 0 fully saturated rings. The standard InChI is InChI=1S/C24H23N3O4/c1-4-26-22(28)14-31-20-10-9-16(12-21(20)30-3)11-17(13-25)24(29)23-15(2)27-19-8-6-5-7-18(19)23/h5-12,27H,4,14H2,1-3H3,(H,26,28)/b17-11+. The van der Waals surface area contributed by atoms with Crippen molar-refractivity contribution in [3.63, 3.8) is 0 Å². The second kappa shape index (κ2) is 9.63. The summed E-state index contributed by atoms with van der Waals surface area (Å²) in [6.45, 7) is 4.02. The van der Waals surface area contributed by atoms with E-state index in [9.17, 15) is 14.9 Å². The van der Waals surface area contributed by atoms with Gasteiger partial charge in [-0.15, -0.1) is 0 Å². The molecule has 158 valence electrons. The number of fused-ring (bicyclic) bond motifs is 1. The van der Waals surface area contributed by atoms with Gasteiger partial charge in [-0.1, -0.05) is 24.3 Å². The lowest BCUT2D eigenvalue weighted by molar-refractivity contribution is -0.123. The molecular weight excluding hydrogens is 394 g/mol. The molecule has 31 heavy (non-hydrogen) atoms. The number of rotatable bonds is 8. The Kier molecular flexibility index (Phi) is 6.73. The number of carbonyl (C=O) groups excluding carboxylic acids is 2. The molecule has 0 radical (unpaired) electrons. The number of likely N-dealkylation sites (N-methyl/N-ethyl adjacent to an activating group) is 1. The predicted octanol–water partition coefficient (Wildman–Crippen LogP) is 3.79. The average molecular weight is 417 g/mol. The zero-order chi connectivity index (χ0) is 22.4. The van der Waals surface area contributed by atoms with Crippen molar-refractivity contribution in [2.45, 2.75) is 13.8 Å². The van der Waals surface area contributed by atoms with Gasteiger partial charge in [-0.3, -0.25) is 9.59 Å². The van der Waals surface area contributed by atoms with Crippen LogP contribution in [0.1, 0.15) is 28.5 Å². The molecule has 7 nitrogen and oxygen atoms in total. The Labute approximate surface area is 180 Å². The number of nitrogens with zero attached hydrogens (tertiary/aromatic N) is 1. The Morgan fingerprint density at radius 1 is 1.19 bits per heavy atom. The molecule has 7 heteroatoms. The normalized spacial score (nSPS) is 11.1. The third-order valence-corrected chi connectivity index (χ3v) is 4.72. The number of aryl methyl sites for hydroxylation is 1. The summed E-state index contributed by atoms with van der Waals surface area (Å²) in [5.41, 5.74) is 2.64. The fourth-order valence-corrected chi connectivity index (χ4v) is 3.30. The molecule has 0 atom stereocenters. The van der Waals surface area contributed by atoms with Gasteiger partial charge in [0.25, 0.3) is 5.91 Å². The fourth-order valence-electron chi connectivity index (χ4n) is 3.30. The minimum absolute atomic E-state index is 0.00546. The van der Waals surface area contributed by atoms with Gasteiger partial charge in [-0.2, -0.15) is 5.26 Å². The van der Waals surface area contributed by atoms with Crippen molar-refractivity contribution in [1.82, 2.24) is 10.3 Å². The van der Waals surface area contributed by atoms with E-state index >= 15 is 0 Å². The fraction of sp³-hybridized carbons (Fsp3) is 0.208. The van der Waals surface area contributed by atoms with Gasteiger partial charge in [0.05, 0.1) is 12.7 Å². The summed E-state index contributed by atoms with van der Waals surface area (Å²) in [5.74, 6) is 0.197. The van der Waals surface area contributed by atoms with Gasteiger partial charge in [-0.05, 0) is 43.7 Å². The highest BCUT2D eigenvalue weighted by Crippen LogP contribution is 2.30. The first-order valence-corrected chi connectivity index (χ1v) is 9.79. The highest BCUT2D eigenvalue weighted by molar-refractivity contribution is 6.20. The number of amides is 1. The Morgan fingerprint density at radius 2 is 1.97 bits per heavy atom. The van der Waals surface area contributed by atoms with Crippen LogP contribution in [0.2, 0.25) is 0 Å². The maximum Gasteiger partial charge on any atom is 0.257 e. The summed E-state index contributed by atoms with van der Waals surface area (Å²) in [7, 11) is 1.48. The highest BCUT2D eigenvalue weighted by Gasteiger charge is 2.20. The van der Waals surface area contributed by atoms with Gasteiger partial charge >= 0.3 is 0 Å². The lowest BCUT2D eigenvalue weighted by Gasteiger charge is -2.11. The zero-order valence-electron chi connectivity index (χ0n) is 17.6. The van der Waals surface area contributed by atoms with Gasteiger partial charge in [0, 0.05) is 23.1 Å². The Bertz CT molecular complexity index is 1200. The number of nitrogens with one attached hydrogen (secondary N) is 2. The van der Waals surface area contributed by atoms with Crippen molar-refractivity contribution in [3.05, 3.63) is 64.9 Å². The third-order valence-electron chi connectivity index (χ3n) is 4.72. The summed E-state index contributed by atoms with van der Waals surface area (Å²) in [6.07, 6.45) is 1.51. The van der Waals surface area contributed by atoms with Crippen molar-refractivity contribution >= 4 is 28.7 Å². The van der Waals surface area contributed by atoms with E-state index in [1.165, 1.54) is 13.2 Å². The lowest BCUT2D eigenvalue weighted by atomic mass is 9.99.